The van der Waals surface area contributed by atoms with Gasteiger partial charge < -0.3 is 5.11 Å². The number of carbonyl (C=O) groups is 1. The molecule has 0 aliphatic heterocycles. The van der Waals surface area contributed by atoms with E-state index in [9.17, 15) is 23.1 Å². The Labute approximate surface area is 191 Å². The molecule has 0 radical (unpaired) electrons. The van der Waals surface area contributed by atoms with Gasteiger partial charge >= 0.3 is 12.1 Å². The van der Waals surface area contributed by atoms with Gasteiger partial charge in [-0.3, -0.25) is 9.69 Å². The van der Waals surface area contributed by atoms with E-state index in [-0.39, 0.29) is 17.9 Å². The number of hydrogen-bond donors (Lipinski definition) is 1. The number of carboxylic acids is 1. The lowest BCUT2D eigenvalue weighted by Crippen LogP contribution is -2.45. The molecule has 0 amide bonds. The number of halogens is 3. The summed E-state index contributed by atoms with van der Waals surface area (Å²) in [6.45, 7) is 12.5. The second-order valence-electron chi connectivity index (χ2n) is 10.4. The Bertz CT molecular complexity index is 703. The number of alkyl halides is 3. The van der Waals surface area contributed by atoms with E-state index in [4.69, 9.17) is 0 Å². The molecule has 2 rings (SSSR count). The standard InChI is InChI=1S/C26H40F3NO2/c1-17(2)12-14-30(15-13-18(3)4)24-11-8-21(19(5)25(31)32)16-23(24)20-6-9-22(10-7-20)26(27,28)29/h6-7,9-10,17-19,21,23-24H,8,11-16H2,1-5H3,(H,31,32). The second kappa shape index (κ2) is 11.5. The molecule has 0 heterocycles. The van der Waals surface area contributed by atoms with E-state index in [1.54, 1.807) is 19.1 Å². The van der Waals surface area contributed by atoms with E-state index in [1.165, 1.54) is 12.1 Å². The molecule has 0 aromatic heterocycles. The van der Waals surface area contributed by atoms with E-state index in [1.807, 2.05) is 0 Å². The predicted molar refractivity (Wildman–Crippen MR) is 123 cm³/mol. The van der Waals surface area contributed by atoms with Gasteiger partial charge in [-0.25, -0.2) is 0 Å². The van der Waals surface area contributed by atoms with E-state index in [2.05, 4.69) is 32.6 Å². The number of hydrogen-bond acceptors (Lipinski definition) is 2. The molecule has 1 aliphatic rings. The fraction of sp³-hybridized carbons (Fsp3) is 0.731. The summed E-state index contributed by atoms with van der Waals surface area (Å²) in [5.74, 6) is -0.0251. The van der Waals surface area contributed by atoms with Crippen LogP contribution in [0.2, 0.25) is 0 Å². The molecular weight excluding hydrogens is 415 g/mol. The van der Waals surface area contributed by atoms with Crippen molar-refractivity contribution >= 4 is 5.97 Å². The molecule has 4 atom stereocenters. The van der Waals surface area contributed by atoms with E-state index >= 15 is 0 Å². The summed E-state index contributed by atoms with van der Waals surface area (Å²) >= 11 is 0. The summed E-state index contributed by atoms with van der Waals surface area (Å²) in [6, 6.07) is 5.78. The van der Waals surface area contributed by atoms with Gasteiger partial charge in [-0.1, -0.05) is 46.8 Å². The molecule has 1 aromatic rings. The molecule has 1 fully saturated rings. The first-order valence-electron chi connectivity index (χ1n) is 12.0. The van der Waals surface area contributed by atoms with Gasteiger partial charge in [0, 0.05) is 6.04 Å². The zero-order valence-corrected chi connectivity index (χ0v) is 20.2. The first-order chi connectivity index (χ1) is 14.9. The SMILES string of the molecule is CC(C)CCN(CCC(C)C)C1CCC(C(C)C(=O)O)CC1c1ccc(C(F)(F)F)cc1. The Hall–Kier alpha value is -1.56. The minimum atomic E-state index is -4.36. The van der Waals surface area contributed by atoms with Crippen molar-refractivity contribution < 1.29 is 23.1 Å². The quantitative estimate of drug-likeness (QED) is 0.410. The van der Waals surface area contributed by atoms with E-state index in [0.29, 0.717) is 18.3 Å². The molecule has 4 unspecified atom stereocenters. The van der Waals surface area contributed by atoms with Gasteiger partial charge in [0.15, 0.2) is 0 Å². The average molecular weight is 456 g/mol. The third-order valence-corrected chi connectivity index (χ3v) is 7.07. The fourth-order valence-electron chi connectivity index (χ4n) is 4.85. The second-order valence-corrected chi connectivity index (χ2v) is 10.4. The topological polar surface area (TPSA) is 40.5 Å². The predicted octanol–water partition coefficient (Wildman–Crippen LogP) is 7.07. The lowest BCUT2D eigenvalue weighted by atomic mass is 9.70. The zero-order chi connectivity index (χ0) is 24.1. The van der Waals surface area contributed by atoms with Gasteiger partial charge in [-0.15, -0.1) is 0 Å². The fourth-order valence-corrected chi connectivity index (χ4v) is 4.85. The van der Waals surface area contributed by atoms with Crippen molar-refractivity contribution in [1.29, 1.82) is 0 Å². The van der Waals surface area contributed by atoms with Crippen LogP contribution in [0.15, 0.2) is 24.3 Å². The van der Waals surface area contributed by atoms with Crippen LogP contribution in [0, 0.1) is 23.7 Å². The van der Waals surface area contributed by atoms with Gasteiger partial charge in [0.05, 0.1) is 11.5 Å². The van der Waals surface area contributed by atoms with Gasteiger partial charge in [0.1, 0.15) is 0 Å². The van der Waals surface area contributed by atoms with Crippen molar-refractivity contribution in [3.05, 3.63) is 35.4 Å². The molecule has 3 nitrogen and oxygen atoms in total. The van der Waals surface area contributed by atoms with Crippen molar-refractivity contribution in [2.45, 2.75) is 84.9 Å². The zero-order valence-electron chi connectivity index (χ0n) is 20.2. The highest BCUT2D eigenvalue weighted by molar-refractivity contribution is 5.69. The maximum absolute atomic E-state index is 13.1. The van der Waals surface area contributed by atoms with Gasteiger partial charge in [-0.2, -0.15) is 13.2 Å². The van der Waals surface area contributed by atoms with Crippen LogP contribution >= 0.6 is 0 Å². The summed E-state index contributed by atoms with van der Waals surface area (Å²) in [6.07, 6.45) is 0.209. The smallest absolute Gasteiger partial charge is 0.416 e. The third kappa shape index (κ3) is 7.50. The normalized spacial score (nSPS) is 23.2. The molecule has 1 aliphatic carbocycles. The van der Waals surface area contributed by atoms with Gasteiger partial charge in [0.2, 0.25) is 0 Å². The van der Waals surface area contributed by atoms with Crippen LogP contribution in [0.3, 0.4) is 0 Å². The first kappa shape index (κ1) is 26.7. The maximum atomic E-state index is 13.1. The van der Waals surface area contributed by atoms with Crippen LogP contribution < -0.4 is 0 Å². The number of benzene rings is 1. The van der Waals surface area contributed by atoms with Crippen molar-refractivity contribution in [1.82, 2.24) is 4.90 Å². The highest BCUT2D eigenvalue weighted by atomic mass is 19.4. The summed E-state index contributed by atoms with van der Waals surface area (Å²) in [4.78, 5) is 14.2. The van der Waals surface area contributed by atoms with Crippen molar-refractivity contribution in [2.24, 2.45) is 23.7 Å². The number of nitrogens with zero attached hydrogens (tertiary/aromatic N) is 1. The van der Waals surface area contributed by atoms with Crippen molar-refractivity contribution in [3.8, 4) is 0 Å². The molecular formula is C26H40F3NO2. The first-order valence-corrected chi connectivity index (χ1v) is 12.0. The molecule has 1 N–H and O–H groups in total. The summed E-state index contributed by atoms with van der Waals surface area (Å²) in [5.41, 5.74) is 0.255. The van der Waals surface area contributed by atoms with Crippen molar-refractivity contribution in [2.75, 3.05) is 13.1 Å². The van der Waals surface area contributed by atoms with Crippen LogP contribution in [-0.4, -0.2) is 35.1 Å². The highest BCUT2D eigenvalue weighted by Gasteiger charge is 2.39. The summed E-state index contributed by atoms with van der Waals surface area (Å²) in [5, 5.41) is 9.55. The Morgan fingerprint density at radius 2 is 1.53 bits per heavy atom. The largest absolute Gasteiger partial charge is 0.481 e. The number of aliphatic carboxylic acids is 1. The summed E-state index contributed by atoms with van der Waals surface area (Å²) in [7, 11) is 0. The van der Waals surface area contributed by atoms with Crippen LogP contribution in [0.4, 0.5) is 13.2 Å². The molecule has 1 saturated carbocycles. The Kier molecular flexibility index (Phi) is 9.62. The third-order valence-electron chi connectivity index (χ3n) is 7.07. The molecule has 1 aromatic carbocycles. The van der Waals surface area contributed by atoms with E-state index in [0.717, 1.165) is 44.3 Å². The highest BCUT2D eigenvalue weighted by Crippen LogP contribution is 2.43. The van der Waals surface area contributed by atoms with E-state index < -0.39 is 23.6 Å². The van der Waals surface area contributed by atoms with Crippen LogP contribution in [0.25, 0.3) is 0 Å². The van der Waals surface area contributed by atoms with Crippen LogP contribution in [0.5, 0.6) is 0 Å². The molecule has 32 heavy (non-hydrogen) atoms. The number of rotatable bonds is 10. The Morgan fingerprint density at radius 1 is 1.00 bits per heavy atom. The lowest BCUT2D eigenvalue weighted by molar-refractivity contribution is -0.143. The number of carboxylic acid groups (broad SMARTS) is 1. The molecule has 6 heteroatoms. The summed E-state index contributed by atoms with van der Waals surface area (Å²) < 4.78 is 39.3. The molecule has 0 spiro atoms. The molecule has 182 valence electrons. The Balaban J connectivity index is 2.35. The van der Waals surface area contributed by atoms with Crippen molar-refractivity contribution in [3.63, 3.8) is 0 Å². The monoisotopic (exact) mass is 455 g/mol. The minimum absolute atomic E-state index is 0.0353. The molecule has 0 saturated heterocycles. The average Bonchev–Trinajstić information content (AvgIpc) is 2.72. The maximum Gasteiger partial charge on any atom is 0.416 e. The lowest BCUT2D eigenvalue weighted by Gasteiger charge is -2.44. The van der Waals surface area contributed by atoms with Gasteiger partial charge in [-0.05, 0) is 86.6 Å². The minimum Gasteiger partial charge on any atom is -0.481 e. The van der Waals surface area contributed by atoms with Gasteiger partial charge in [0.25, 0.3) is 0 Å². The van der Waals surface area contributed by atoms with Crippen LogP contribution in [-0.2, 0) is 11.0 Å². The van der Waals surface area contributed by atoms with Crippen LogP contribution in [0.1, 0.15) is 83.8 Å². The molecule has 0 bridgehead atoms. The Morgan fingerprint density at radius 3 is 1.97 bits per heavy atom.